The van der Waals surface area contributed by atoms with Crippen LogP contribution in [-0.2, 0) is 9.59 Å². The van der Waals surface area contributed by atoms with Gasteiger partial charge in [-0.1, -0.05) is 58.4 Å². The van der Waals surface area contributed by atoms with E-state index in [1.54, 1.807) is 61.7 Å². The summed E-state index contributed by atoms with van der Waals surface area (Å²) in [6.07, 6.45) is 1.62. The van der Waals surface area contributed by atoms with E-state index in [0.717, 1.165) is 14.9 Å². The Hall–Kier alpha value is -4.34. The van der Waals surface area contributed by atoms with Crippen LogP contribution in [0.1, 0.15) is 15.9 Å². The van der Waals surface area contributed by atoms with Gasteiger partial charge in [-0.15, -0.1) is 11.8 Å². The first-order valence-electron chi connectivity index (χ1n) is 12.2. The number of anilines is 2. The van der Waals surface area contributed by atoms with Crippen LogP contribution in [0, 0.1) is 0 Å². The molecule has 0 spiro atoms. The third kappa shape index (κ3) is 8.33. The third-order valence-electron chi connectivity index (χ3n) is 5.55. The highest BCUT2D eigenvalue weighted by atomic mass is 79.9. The lowest BCUT2D eigenvalue weighted by atomic mass is 10.1. The first-order valence-corrected chi connectivity index (χ1v) is 14.0. The predicted molar refractivity (Wildman–Crippen MR) is 163 cm³/mol. The van der Waals surface area contributed by atoms with Crippen molar-refractivity contribution in [1.82, 2.24) is 5.32 Å². The van der Waals surface area contributed by atoms with Gasteiger partial charge in [0.1, 0.15) is 11.4 Å². The van der Waals surface area contributed by atoms with Gasteiger partial charge >= 0.3 is 0 Å². The molecular formula is C31H26BrN3O4S. The van der Waals surface area contributed by atoms with E-state index < -0.39 is 11.8 Å². The summed E-state index contributed by atoms with van der Waals surface area (Å²) < 4.78 is 6.11. The number of hydrogen-bond acceptors (Lipinski definition) is 5. The summed E-state index contributed by atoms with van der Waals surface area (Å²) in [5.41, 5.74) is 2.43. The van der Waals surface area contributed by atoms with E-state index in [2.05, 4.69) is 31.9 Å². The number of rotatable bonds is 10. The normalized spacial score (nSPS) is 10.9. The van der Waals surface area contributed by atoms with Crippen LogP contribution < -0.4 is 20.7 Å². The fourth-order valence-corrected chi connectivity index (χ4v) is 4.74. The number of ether oxygens (including phenoxy) is 1. The number of hydrogen-bond donors (Lipinski definition) is 3. The van der Waals surface area contributed by atoms with Crippen molar-refractivity contribution < 1.29 is 19.1 Å². The maximum absolute atomic E-state index is 13.2. The van der Waals surface area contributed by atoms with Gasteiger partial charge in [-0.25, -0.2) is 0 Å². The highest BCUT2D eigenvalue weighted by Crippen LogP contribution is 2.25. The number of halogens is 1. The standard InChI is InChI=1S/C31H26BrN3O4S/c1-39-28-13-6-5-12-26(28)34-29(36)20-40-25-16-14-24(15-17-25)33-31(38)27(19-21-8-7-11-23(32)18-21)35-30(37)22-9-3-2-4-10-22/h2-19H,20H2,1H3,(H,33,38)(H,34,36)(H,35,37)/b27-19-. The molecule has 3 amide bonds. The molecule has 0 radical (unpaired) electrons. The van der Waals surface area contributed by atoms with Crippen LogP contribution in [-0.4, -0.2) is 30.6 Å². The van der Waals surface area contributed by atoms with E-state index >= 15 is 0 Å². The van der Waals surface area contributed by atoms with Gasteiger partial charge in [0.2, 0.25) is 5.91 Å². The zero-order chi connectivity index (χ0) is 28.3. The largest absolute Gasteiger partial charge is 0.495 e. The Kier molecular flexibility index (Phi) is 10.1. The van der Waals surface area contributed by atoms with Crippen LogP contribution in [0.2, 0.25) is 0 Å². The molecule has 40 heavy (non-hydrogen) atoms. The molecule has 0 fully saturated rings. The molecule has 0 aliphatic carbocycles. The van der Waals surface area contributed by atoms with Gasteiger partial charge in [-0.05, 0) is 72.3 Å². The van der Waals surface area contributed by atoms with E-state index in [0.29, 0.717) is 22.7 Å². The minimum absolute atomic E-state index is 0.0958. The predicted octanol–water partition coefficient (Wildman–Crippen LogP) is 6.60. The minimum Gasteiger partial charge on any atom is -0.495 e. The molecule has 0 bridgehead atoms. The number of carbonyl (C=O) groups excluding carboxylic acids is 3. The van der Waals surface area contributed by atoms with Gasteiger partial charge in [0.15, 0.2) is 0 Å². The lowest BCUT2D eigenvalue weighted by molar-refractivity contribution is -0.114. The van der Waals surface area contributed by atoms with Crippen LogP contribution in [0.4, 0.5) is 11.4 Å². The minimum atomic E-state index is -0.471. The van der Waals surface area contributed by atoms with E-state index in [4.69, 9.17) is 4.74 Å². The molecule has 0 saturated carbocycles. The highest BCUT2D eigenvalue weighted by molar-refractivity contribution is 9.10. The molecule has 4 aromatic carbocycles. The monoisotopic (exact) mass is 615 g/mol. The Morgan fingerprint density at radius 2 is 1.57 bits per heavy atom. The van der Waals surface area contributed by atoms with Crippen LogP contribution >= 0.6 is 27.7 Å². The first-order chi connectivity index (χ1) is 19.4. The molecule has 0 heterocycles. The number of carbonyl (C=O) groups is 3. The average Bonchev–Trinajstić information content (AvgIpc) is 2.97. The number of para-hydroxylation sites is 2. The number of benzene rings is 4. The zero-order valence-corrected chi connectivity index (χ0v) is 23.9. The molecular weight excluding hydrogens is 590 g/mol. The Labute approximate surface area is 245 Å². The zero-order valence-electron chi connectivity index (χ0n) is 21.5. The van der Waals surface area contributed by atoms with Crippen LogP contribution in [0.25, 0.3) is 6.08 Å². The maximum atomic E-state index is 13.2. The molecule has 4 rings (SSSR count). The second-order valence-electron chi connectivity index (χ2n) is 8.45. The van der Waals surface area contributed by atoms with Gasteiger partial charge in [0, 0.05) is 20.6 Å². The van der Waals surface area contributed by atoms with E-state index in [-0.39, 0.29) is 17.4 Å². The molecule has 202 valence electrons. The van der Waals surface area contributed by atoms with Crippen LogP contribution in [0.3, 0.4) is 0 Å². The lowest BCUT2D eigenvalue weighted by Crippen LogP contribution is -2.30. The molecule has 4 aromatic rings. The van der Waals surface area contributed by atoms with Gasteiger partial charge < -0.3 is 20.7 Å². The Balaban J connectivity index is 1.40. The Morgan fingerprint density at radius 1 is 0.850 bits per heavy atom. The smallest absolute Gasteiger partial charge is 0.272 e. The van der Waals surface area contributed by atoms with Gasteiger partial charge in [0.25, 0.3) is 11.8 Å². The molecule has 0 saturated heterocycles. The summed E-state index contributed by atoms with van der Waals surface area (Å²) in [5, 5.41) is 8.41. The average molecular weight is 617 g/mol. The second kappa shape index (κ2) is 14.2. The summed E-state index contributed by atoms with van der Waals surface area (Å²) >= 11 is 4.80. The quantitative estimate of drug-likeness (QED) is 0.138. The van der Waals surface area contributed by atoms with Crippen LogP contribution in [0.15, 0.2) is 118 Å². The summed E-state index contributed by atoms with van der Waals surface area (Å²) in [6, 6.07) is 30.4. The number of amides is 3. The van der Waals surface area contributed by atoms with Gasteiger partial charge in [-0.2, -0.15) is 0 Å². The summed E-state index contributed by atoms with van der Waals surface area (Å²) in [5.74, 6) is -0.233. The molecule has 9 heteroatoms. The van der Waals surface area contributed by atoms with Crippen molar-refractivity contribution in [1.29, 1.82) is 0 Å². The summed E-state index contributed by atoms with van der Waals surface area (Å²) in [6.45, 7) is 0. The molecule has 3 N–H and O–H groups in total. The fourth-order valence-electron chi connectivity index (χ4n) is 3.62. The molecule has 7 nitrogen and oxygen atoms in total. The first kappa shape index (κ1) is 28.7. The number of thioether (sulfide) groups is 1. The molecule has 0 atom stereocenters. The Bertz CT molecular complexity index is 1530. The van der Waals surface area contributed by atoms with Crippen molar-refractivity contribution in [3.8, 4) is 5.75 Å². The highest BCUT2D eigenvalue weighted by Gasteiger charge is 2.15. The van der Waals surface area contributed by atoms with E-state index in [9.17, 15) is 14.4 Å². The third-order valence-corrected chi connectivity index (χ3v) is 7.06. The van der Waals surface area contributed by atoms with Gasteiger partial charge in [0.05, 0.1) is 18.6 Å². The van der Waals surface area contributed by atoms with Crippen LogP contribution in [0.5, 0.6) is 5.75 Å². The maximum Gasteiger partial charge on any atom is 0.272 e. The van der Waals surface area contributed by atoms with Crippen molar-refractivity contribution >= 4 is 62.9 Å². The fraction of sp³-hybridized carbons (Fsp3) is 0.0645. The van der Waals surface area contributed by atoms with Crippen molar-refractivity contribution in [3.63, 3.8) is 0 Å². The van der Waals surface area contributed by atoms with Crippen molar-refractivity contribution in [2.75, 3.05) is 23.5 Å². The molecule has 0 aromatic heterocycles. The van der Waals surface area contributed by atoms with Gasteiger partial charge in [-0.3, -0.25) is 14.4 Å². The lowest BCUT2D eigenvalue weighted by Gasteiger charge is -2.12. The molecule has 0 unspecified atom stereocenters. The second-order valence-corrected chi connectivity index (χ2v) is 10.4. The SMILES string of the molecule is COc1ccccc1NC(=O)CSc1ccc(NC(=O)/C(=C/c2cccc(Br)c2)NC(=O)c2ccccc2)cc1. The van der Waals surface area contributed by atoms with Crippen molar-refractivity contribution in [2.45, 2.75) is 4.90 Å². The topological polar surface area (TPSA) is 96.5 Å². The molecule has 0 aliphatic heterocycles. The van der Waals surface area contributed by atoms with E-state index in [1.165, 1.54) is 11.8 Å². The number of nitrogens with one attached hydrogen (secondary N) is 3. The summed E-state index contributed by atoms with van der Waals surface area (Å²) in [7, 11) is 1.55. The van der Waals surface area contributed by atoms with Crippen molar-refractivity contribution in [3.05, 3.63) is 124 Å². The number of methoxy groups -OCH3 is 1. The van der Waals surface area contributed by atoms with Crippen molar-refractivity contribution in [2.24, 2.45) is 0 Å². The summed E-state index contributed by atoms with van der Waals surface area (Å²) in [4.78, 5) is 39.3. The van der Waals surface area contributed by atoms with E-state index in [1.807, 2.05) is 54.6 Å². The molecule has 0 aliphatic rings. The Morgan fingerprint density at radius 3 is 2.30 bits per heavy atom.